The Labute approximate surface area is 112 Å². The maximum absolute atomic E-state index is 3.49. The van der Waals surface area contributed by atoms with E-state index in [9.17, 15) is 0 Å². The van der Waals surface area contributed by atoms with Crippen LogP contribution >= 0.6 is 0 Å². The highest BCUT2D eigenvalue weighted by Gasteiger charge is 2.30. The lowest BCUT2D eigenvalue weighted by Gasteiger charge is -2.42. The third kappa shape index (κ3) is 3.06. The molecule has 0 radical (unpaired) electrons. The summed E-state index contributed by atoms with van der Waals surface area (Å²) in [6.45, 7) is 9.29. The number of hydrogen-bond acceptors (Lipinski definition) is 3. The maximum Gasteiger partial charge on any atom is 0.00342 e. The van der Waals surface area contributed by atoms with Crippen LogP contribution in [0.1, 0.15) is 25.7 Å². The van der Waals surface area contributed by atoms with E-state index >= 15 is 0 Å². The van der Waals surface area contributed by atoms with Crippen molar-refractivity contribution < 1.29 is 0 Å². The number of rotatable bonds is 3. The molecule has 0 spiro atoms. The van der Waals surface area contributed by atoms with Gasteiger partial charge in [0.05, 0.1) is 0 Å². The summed E-state index contributed by atoms with van der Waals surface area (Å²) in [5.74, 6) is 3.03. The van der Waals surface area contributed by atoms with Crippen molar-refractivity contribution in [2.24, 2.45) is 17.8 Å². The third-order valence-electron chi connectivity index (χ3n) is 5.34. The molecule has 0 unspecified atom stereocenters. The number of likely N-dealkylation sites (tertiary alicyclic amines) is 2. The molecule has 3 fully saturated rings. The van der Waals surface area contributed by atoms with Crippen molar-refractivity contribution in [1.29, 1.82) is 0 Å². The summed E-state index contributed by atoms with van der Waals surface area (Å²) in [7, 11) is 2.24. The molecule has 3 rings (SSSR count). The molecule has 3 heterocycles. The minimum atomic E-state index is 0.963. The van der Waals surface area contributed by atoms with Gasteiger partial charge in [-0.25, -0.2) is 0 Å². The van der Waals surface area contributed by atoms with Crippen LogP contribution in [-0.4, -0.2) is 62.7 Å². The molecule has 3 aliphatic rings. The maximum atomic E-state index is 3.49. The van der Waals surface area contributed by atoms with E-state index in [1.165, 1.54) is 71.5 Å². The van der Waals surface area contributed by atoms with Crippen LogP contribution in [0.3, 0.4) is 0 Å². The molecule has 104 valence electrons. The molecule has 0 aromatic rings. The van der Waals surface area contributed by atoms with E-state index in [2.05, 4.69) is 22.2 Å². The number of nitrogens with zero attached hydrogens (tertiary/aromatic N) is 2. The quantitative estimate of drug-likeness (QED) is 0.815. The van der Waals surface area contributed by atoms with Crippen LogP contribution in [0, 0.1) is 17.8 Å². The summed E-state index contributed by atoms with van der Waals surface area (Å²) in [6, 6.07) is 0. The summed E-state index contributed by atoms with van der Waals surface area (Å²) < 4.78 is 0. The first kappa shape index (κ1) is 12.9. The minimum Gasteiger partial charge on any atom is -0.317 e. The van der Waals surface area contributed by atoms with Crippen molar-refractivity contribution in [2.75, 3.05) is 52.9 Å². The zero-order valence-electron chi connectivity index (χ0n) is 11.9. The fourth-order valence-corrected chi connectivity index (χ4v) is 4.23. The first-order valence-electron chi connectivity index (χ1n) is 7.93. The van der Waals surface area contributed by atoms with Gasteiger partial charge in [0.15, 0.2) is 0 Å². The average Bonchev–Trinajstić information content (AvgIpc) is 2.39. The monoisotopic (exact) mass is 251 g/mol. The van der Waals surface area contributed by atoms with Crippen LogP contribution in [0.5, 0.6) is 0 Å². The van der Waals surface area contributed by atoms with E-state index in [-0.39, 0.29) is 0 Å². The van der Waals surface area contributed by atoms with E-state index in [0.717, 1.165) is 17.8 Å². The SMILES string of the molecule is CN1CC(CN2CCC(C3CCNCC3)CC2)C1. The van der Waals surface area contributed by atoms with Crippen LogP contribution in [0.15, 0.2) is 0 Å². The summed E-state index contributed by atoms with van der Waals surface area (Å²) >= 11 is 0. The summed E-state index contributed by atoms with van der Waals surface area (Å²) in [5, 5.41) is 3.49. The van der Waals surface area contributed by atoms with Crippen LogP contribution in [-0.2, 0) is 0 Å². The zero-order chi connectivity index (χ0) is 12.4. The molecule has 0 atom stereocenters. The molecule has 3 nitrogen and oxygen atoms in total. The lowest BCUT2D eigenvalue weighted by Crippen LogP contribution is -2.50. The van der Waals surface area contributed by atoms with Gasteiger partial charge in [-0.15, -0.1) is 0 Å². The molecule has 3 saturated heterocycles. The van der Waals surface area contributed by atoms with Gasteiger partial charge in [0, 0.05) is 19.6 Å². The Hall–Kier alpha value is -0.120. The normalized spacial score (nSPS) is 30.5. The summed E-state index contributed by atoms with van der Waals surface area (Å²) in [6.07, 6.45) is 5.79. The standard InChI is InChI=1S/C15H29N3/c1-17-10-13(11-17)12-18-8-4-15(5-9-18)14-2-6-16-7-3-14/h13-16H,2-12H2,1H3. The lowest BCUT2D eigenvalue weighted by atomic mass is 9.79. The third-order valence-corrected chi connectivity index (χ3v) is 5.34. The highest BCUT2D eigenvalue weighted by Crippen LogP contribution is 2.31. The van der Waals surface area contributed by atoms with Gasteiger partial charge in [0.1, 0.15) is 0 Å². The van der Waals surface area contributed by atoms with Gasteiger partial charge in [-0.3, -0.25) is 0 Å². The fraction of sp³-hybridized carbons (Fsp3) is 1.00. The zero-order valence-corrected chi connectivity index (χ0v) is 11.9. The molecule has 0 aromatic carbocycles. The van der Waals surface area contributed by atoms with Gasteiger partial charge in [-0.2, -0.15) is 0 Å². The Morgan fingerprint density at radius 1 is 0.944 bits per heavy atom. The summed E-state index contributed by atoms with van der Waals surface area (Å²) in [4.78, 5) is 5.17. The van der Waals surface area contributed by atoms with E-state index in [4.69, 9.17) is 0 Å². The molecular formula is C15H29N3. The van der Waals surface area contributed by atoms with Gasteiger partial charge < -0.3 is 15.1 Å². The van der Waals surface area contributed by atoms with E-state index < -0.39 is 0 Å². The molecule has 0 aliphatic carbocycles. The van der Waals surface area contributed by atoms with Gasteiger partial charge in [-0.05, 0) is 76.7 Å². The van der Waals surface area contributed by atoms with Crippen molar-refractivity contribution in [1.82, 2.24) is 15.1 Å². The van der Waals surface area contributed by atoms with Crippen LogP contribution < -0.4 is 5.32 Å². The van der Waals surface area contributed by atoms with Crippen molar-refractivity contribution in [3.8, 4) is 0 Å². The Kier molecular flexibility index (Phi) is 4.22. The molecule has 0 bridgehead atoms. The van der Waals surface area contributed by atoms with Crippen molar-refractivity contribution in [3.63, 3.8) is 0 Å². The van der Waals surface area contributed by atoms with E-state index in [1.54, 1.807) is 0 Å². The van der Waals surface area contributed by atoms with Crippen LogP contribution in [0.4, 0.5) is 0 Å². The fourth-order valence-electron chi connectivity index (χ4n) is 4.23. The second-order valence-corrected chi connectivity index (χ2v) is 6.81. The van der Waals surface area contributed by atoms with Crippen molar-refractivity contribution in [3.05, 3.63) is 0 Å². The molecule has 18 heavy (non-hydrogen) atoms. The second kappa shape index (κ2) is 5.89. The number of piperidine rings is 2. The molecular weight excluding hydrogens is 222 g/mol. The van der Waals surface area contributed by atoms with Gasteiger partial charge in [0.2, 0.25) is 0 Å². The van der Waals surface area contributed by atoms with Crippen LogP contribution in [0.2, 0.25) is 0 Å². The van der Waals surface area contributed by atoms with Gasteiger partial charge >= 0.3 is 0 Å². The van der Waals surface area contributed by atoms with E-state index in [1.807, 2.05) is 0 Å². The molecule has 3 aliphatic heterocycles. The predicted octanol–water partition coefficient (Wildman–Crippen LogP) is 1.26. The highest BCUT2D eigenvalue weighted by molar-refractivity contribution is 4.84. The Balaban J connectivity index is 1.38. The Bertz CT molecular complexity index is 248. The second-order valence-electron chi connectivity index (χ2n) is 6.81. The predicted molar refractivity (Wildman–Crippen MR) is 75.7 cm³/mol. The molecule has 1 N–H and O–H groups in total. The first-order chi connectivity index (χ1) is 8.81. The smallest absolute Gasteiger partial charge is 0.00342 e. The van der Waals surface area contributed by atoms with Gasteiger partial charge in [0.25, 0.3) is 0 Å². The van der Waals surface area contributed by atoms with Crippen molar-refractivity contribution in [2.45, 2.75) is 25.7 Å². The van der Waals surface area contributed by atoms with Crippen molar-refractivity contribution >= 4 is 0 Å². The lowest BCUT2D eigenvalue weighted by molar-refractivity contribution is 0.0630. The number of nitrogens with one attached hydrogen (secondary N) is 1. The molecule has 0 aromatic heterocycles. The minimum absolute atomic E-state index is 0.963. The summed E-state index contributed by atoms with van der Waals surface area (Å²) in [5.41, 5.74) is 0. The van der Waals surface area contributed by atoms with E-state index in [0.29, 0.717) is 0 Å². The Morgan fingerprint density at radius 2 is 1.56 bits per heavy atom. The number of hydrogen-bond donors (Lipinski definition) is 1. The molecule has 0 amide bonds. The highest BCUT2D eigenvalue weighted by atomic mass is 15.2. The largest absolute Gasteiger partial charge is 0.317 e. The molecule has 3 heteroatoms. The topological polar surface area (TPSA) is 18.5 Å². The Morgan fingerprint density at radius 3 is 2.17 bits per heavy atom. The average molecular weight is 251 g/mol. The first-order valence-corrected chi connectivity index (χ1v) is 7.93. The molecule has 0 saturated carbocycles. The van der Waals surface area contributed by atoms with Gasteiger partial charge in [-0.1, -0.05) is 0 Å². The van der Waals surface area contributed by atoms with Crippen LogP contribution in [0.25, 0.3) is 0 Å².